The smallest absolute Gasteiger partial charge is 0.362 e. The highest BCUT2D eigenvalue weighted by Gasteiger charge is 2.24. The van der Waals surface area contributed by atoms with Crippen LogP contribution in [0.2, 0.25) is 0 Å². The predicted molar refractivity (Wildman–Crippen MR) is 136 cm³/mol. The van der Waals surface area contributed by atoms with Crippen molar-refractivity contribution in [2.75, 3.05) is 32.7 Å². The number of allylic oxidation sites excluding steroid dienone is 3. The average molecular weight is 537 g/mol. The molecule has 0 spiro atoms. The molecule has 0 aliphatic carbocycles. The zero-order valence-electron chi connectivity index (χ0n) is 20.6. The number of carbonyl (C=O) groups is 2. The van der Waals surface area contributed by atoms with E-state index in [9.17, 15) is 29.0 Å². The fraction of sp³-hybridized carbons (Fsp3) is 0.480. The summed E-state index contributed by atoms with van der Waals surface area (Å²) >= 11 is 0. The molecule has 0 radical (unpaired) electrons. The number of phenolic OH excluding ortho intramolecular Hbond substituents is 1. The van der Waals surface area contributed by atoms with E-state index in [1.807, 2.05) is 18.2 Å². The van der Waals surface area contributed by atoms with Crippen LogP contribution in [0.5, 0.6) is 11.5 Å². The second kappa shape index (κ2) is 14.0. The fourth-order valence-electron chi connectivity index (χ4n) is 3.96. The Kier molecular flexibility index (Phi) is 10.7. The van der Waals surface area contributed by atoms with Crippen LogP contribution >= 0.6 is 7.60 Å². The number of amides is 1. The lowest BCUT2D eigenvalue weighted by atomic mass is 9.99. The molecule has 1 aromatic carbocycles. The number of piperidine rings is 1. The third kappa shape index (κ3) is 9.68. The van der Waals surface area contributed by atoms with Gasteiger partial charge in [0.1, 0.15) is 17.1 Å². The first kappa shape index (κ1) is 28.4. The van der Waals surface area contributed by atoms with Crippen LogP contribution in [0.25, 0.3) is 0 Å². The number of esters is 1. The molecule has 2 aliphatic heterocycles. The van der Waals surface area contributed by atoms with Crippen LogP contribution in [-0.2, 0) is 25.4 Å². The zero-order valence-corrected chi connectivity index (χ0v) is 21.5. The van der Waals surface area contributed by atoms with Gasteiger partial charge >= 0.3 is 13.6 Å². The van der Waals surface area contributed by atoms with Gasteiger partial charge in [0, 0.05) is 25.6 Å². The number of hydrogen-bond donors (Lipinski definition) is 3. The summed E-state index contributed by atoms with van der Waals surface area (Å²) in [5.74, 6) is -1.43. The molecule has 1 saturated heterocycles. The van der Waals surface area contributed by atoms with Crippen LogP contribution in [-0.4, -0.2) is 70.0 Å². The molecular weight excluding hydrogens is 503 g/mol. The predicted octanol–water partition coefficient (Wildman–Crippen LogP) is 3.29. The molecule has 3 N–H and O–H groups in total. The number of oxime groups is 1. The number of benzene rings is 1. The van der Waals surface area contributed by atoms with Crippen molar-refractivity contribution in [3.05, 3.63) is 47.6 Å². The van der Waals surface area contributed by atoms with Crippen molar-refractivity contribution in [2.24, 2.45) is 5.16 Å². The molecule has 12 heteroatoms. The molecule has 37 heavy (non-hydrogen) atoms. The van der Waals surface area contributed by atoms with Crippen LogP contribution in [0.3, 0.4) is 0 Å². The fourth-order valence-corrected chi connectivity index (χ4v) is 4.26. The molecule has 0 atom stereocenters. The Morgan fingerprint density at radius 3 is 2.57 bits per heavy atom. The molecule has 1 fully saturated rings. The van der Waals surface area contributed by atoms with Gasteiger partial charge in [0.05, 0.1) is 12.3 Å². The highest BCUT2D eigenvalue weighted by atomic mass is 31.2. The number of likely N-dealkylation sites (tertiary alicyclic amines) is 1. The first-order valence-electron chi connectivity index (χ1n) is 12.2. The van der Waals surface area contributed by atoms with Gasteiger partial charge in [0.25, 0.3) is 5.91 Å². The Labute approximate surface area is 215 Å². The summed E-state index contributed by atoms with van der Waals surface area (Å²) in [6.07, 6.45) is 11.5. The van der Waals surface area contributed by atoms with Crippen molar-refractivity contribution in [3.8, 4) is 11.5 Å². The van der Waals surface area contributed by atoms with E-state index in [4.69, 9.17) is 14.3 Å². The van der Waals surface area contributed by atoms with Gasteiger partial charge in [-0.1, -0.05) is 23.4 Å². The van der Waals surface area contributed by atoms with Crippen molar-refractivity contribution < 1.29 is 43.4 Å². The summed E-state index contributed by atoms with van der Waals surface area (Å²) in [5.41, 5.74) is 0.540. The third-order valence-corrected chi connectivity index (χ3v) is 6.17. The SMILES string of the molecule is O=C1OCCC=CCCC=CC(=NOCC(=O)N2CCCCC2)Cc2cc(O)cc(OCP(=O)(O)O)c21. The molecule has 0 saturated carbocycles. The van der Waals surface area contributed by atoms with E-state index in [2.05, 4.69) is 5.16 Å². The number of cyclic esters (lactones) is 1. The van der Waals surface area contributed by atoms with Crippen molar-refractivity contribution >= 4 is 25.2 Å². The van der Waals surface area contributed by atoms with Gasteiger partial charge in [-0.15, -0.1) is 0 Å². The lowest BCUT2D eigenvalue weighted by Gasteiger charge is -2.26. The van der Waals surface area contributed by atoms with Gasteiger partial charge in [0.2, 0.25) is 0 Å². The van der Waals surface area contributed by atoms with Gasteiger partial charge in [-0.2, -0.15) is 0 Å². The lowest BCUT2D eigenvalue weighted by molar-refractivity contribution is -0.137. The van der Waals surface area contributed by atoms with E-state index in [1.165, 1.54) is 6.07 Å². The molecule has 0 unspecified atom stereocenters. The monoisotopic (exact) mass is 536 g/mol. The molecule has 0 aromatic heterocycles. The Morgan fingerprint density at radius 2 is 1.81 bits per heavy atom. The minimum atomic E-state index is -4.56. The van der Waals surface area contributed by atoms with Crippen LogP contribution in [0.4, 0.5) is 0 Å². The van der Waals surface area contributed by atoms with Crippen molar-refractivity contribution in [1.29, 1.82) is 0 Å². The van der Waals surface area contributed by atoms with Crippen LogP contribution in [0.15, 0.2) is 41.6 Å². The molecular formula is C25H33N2O9P. The molecule has 2 heterocycles. The zero-order chi connectivity index (χ0) is 26.7. The number of rotatable bonds is 6. The second-order valence-corrected chi connectivity index (χ2v) is 10.4. The summed E-state index contributed by atoms with van der Waals surface area (Å²) in [6.45, 7) is 1.24. The first-order valence-corrected chi connectivity index (χ1v) is 14.0. The Balaban J connectivity index is 1.89. The standard InChI is InChI=1S/C25H33N2O9P/c28-21-15-19-14-20(26-36-17-23(29)27-11-7-5-8-12-27)10-6-3-1-2-4-9-13-34-25(30)24(19)22(16-21)35-18-37(31,32)33/h2,4,6,10,15-16,28H,1,3,5,7-9,11-14,17-18H2,(H2,31,32,33). The van der Waals surface area contributed by atoms with Crippen molar-refractivity contribution in [1.82, 2.24) is 4.90 Å². The molecule has 1 aromatic rings. The Morgan fingerprint density at radius 1 is 1.08 bits per heavy atom. The number of ether oxygens (including phenoxy) is 2. The van der Waals surface area contributed by atoms with E-state index < -0.39 is 19.9 Å². The maximum Gasteiger partial charge on any atom is 0.362 e. The van der Waals surface area contributed by atoms with Gasteiger partial charge < -0.3 is 34.1 Å². The third-order valence-electron chi connectivity index (χ3n) is 5.71. The molecule has 1 amide bonds. The van der Waals surface area contributed by atoms with Crippen LogP contribution < -0.4 is 4.74 Å². The molecule has 11 nitrogen and oxygen atoms in total. The van der Waals surface area contributed by atoms with Crippen molar-refractivity contribution in [3.63, 3.8) is 0 Å². The second-order valence-electron chi connectivity index (χ2n) is 8.77. The van der Waals surface area contributed by atoms with Gasteiger partial charge in [0.15, 0.2) is 13.0 Å². The normalized spacial score (nSPS) is 18.6. The van der Waals surface area contributed by atoms with Crippen molar-refractivity contribution in [2.45, 2.75) is 44.9 Å². The molecule has 2 aliphatic rings. The minimum Gasteiger partial charge on any atom is -0.508 e. The number of hydrogen-bond acceptors (Lipinski definition) is 8. The first-order chi connectivity index (χ1) is 17.7. The van der Waals surface area contributed by atoms with E-state index >= 15 is 0 Å². The Hall–Kier alpha value is -3.14. The summed E-state index contributed by atoms with van der Waals surface area (Å²) in [7, 11) is -4.56. The summed E-state index contributed by atoms with van der Waals surface area (Å²) in [5, 5.41) is 14.4. The minimum absolute atomic E-state index is 0.00461. The number of nitrogens with zero attached hydrogens (tertiary/aromatic N) is 2. The summed E-state index contributed by atoms with van der Waals surface area (Å²) < 4.78 is 21.9. The van der Waals surface area contributed by atoms with Crippen LogP contribution in [0, 0.1) is 0 Å². The lowest BCUT2D eigenvalue weighted by Crippen LogP contribution is -2.37. The topological polar surface area (TPSA) is 155 Å². The summed E-state index contributed by atoms with van der Waals surface area (Å²) in [4.78, 5) is 51.0. The van der Waals surface area contributed by atoms with E-state index in [1.54, 1.807) is 11.0 Å². The molecule has 3 rings (SSSR count). The highest BCUT2D eigenvalue weighted by molar-refractivity contribution is 7.51. The Bertz CT molecular complexity index is 1090. The van der Waals surface area contributed by atoms with E-state index in [0.717, 1.165) is 31.7 Å². The summed E-state index contributed by atoms with van der Waals surface area (Å²) in [6, 6.07) is 2.42. The average Bonchev–Trinajstić information content (AvgIpc) is 2.85. The van der Waals surface area contributed by atoms with Gasteiger partial charge in [-0.25, -0.2) is 4.79 Å². The maximum absolute atomic E-state index is 13.0. The number of fused-ring (bicyclic) bond motifs is 1. The van der Waals surface area contributed by atoms with E-state index in [-0.39, 0.29) is 48.2 Å². The highest BCUT2D eigenvalue weighted by Crippen LogP contribution is 2.37. The quantitative estimate of drug-likeness (QED) is 0.215. The molecule has 202 valence electrons. The number of phenols is 1. The number of carbonyl (C=O) groups excluding carboxylic acids is 2. The number of aromatic hydroxyl groups is 1. The maximum atomic E-state index is 13.0. The van der Waals surface area contributed by atoms with Gasteiger partial charge in [-0.3, -0.25) is 9.36 Å². The largest absolute Gasteiger partial charge is 0.508 e. The van der Waals surface area contributed by atoms with Gasteiger partial charge in [-0.05, 0) is 56.2 Å². The van der Waals surface area contributed by atoms with Crippen LogP contribution in [0.1, 0.15) is 54.4 Å². The van der Waals surface area contributed by atoms with E-state index in [0.29, 0.717) is 31.6 Å². The molecule has 0 bridgehead atoms.